The van der Waals surface area contributed by atoms with Gasteiger partial charge in [-0.2, -0.15) is 22.0 Å². The molecular formula is C42H71F5O12. The Balaban J connectivity index is 0.000000448. The SMILES string of the molecule is CCC(C)(C)C(=O)OC1(C)CC(=O)OC1C.CCC(C)(C)C(=O)OC1(C)COC(O)(C(F)(F)F)C1(F)F.CCC(C)(C)C(=O)OC1C[C@@H](C(C)(C)O)C[C@@H](C(C)(C)O)C1. The van der Waals surface area contributed by atoms with Crippen molar-refractivity contribution in [3.05, 3.63) is 0 Å². The van der Waals surface area contributed by atoms with E-state index in [-0.39, 0.29) is 54.8 Å². The van der Waals surface area contributed by atoms with Crippen molar-refractivity contribution in [3.63, 3.8) is 0 Å². The molecular weight excluding hydrogens is 791 g/mol. The molecule has 0 aromatic heterocycles. The summed E-state index contributed by atoms with van der Waals surface area (Å²) in [4.78, 5) is 47.2. The molecule has 12 nitrogen and oxygen atoms in total. The average Bonchev–Trinajstić information content (AvgIpc) is 3.45. The summed E-state index contributed by atoms with van der Waals surface area (Å²) >= 11 is 0. The van der Waals surface area contributed by atoms with Crippen molar-refractivity contribution in [2.75, 3.05) is 6.61 Å². The molecule has 0 radical (unpaired) electrons. The maximum absolute atomic E-state index is 14.0. The Morgan fingerprint density at radius 3 is 1.44 bits per heavy atom. The maximum atomic E-state index is 14.0. The van der Waals surface area contributed by atoms with Gasteiger partial charge in [0.05, 0.1) is 40.5 Å². The van der Waals surface area contributed by atoms with Crippen LogP contribution in [0.2, 0.25) is 0 Å². The van der Waals surface area contributed by atoms with Crippen LogP contribution in [-0.4, -0.2) is 98.3 Å². The van der Waals surface area contributed by atoms with Crippen molar-refractivity contribution in [2.45, 2.75) is 208 Å². The molecule has 3 aliphatic rings. The molecule has 0 aromatic rings. The highest BCUT2D eigenvalue weighted by Gasteiger charge is 2.82. The van der Waals surface area contributed by atoms with Crippen molar-refractivity contribution in [1.29, 1.82) is 0 Å². The number of carbonyl (C=O) groups is 4. The van der Waals surface area contributed by atoms with Gasteiger partial charge in [-0.3, -0.25) is 19.2 Å². The van der Waals surface area contributed by atoms with Gasteiger partial charge in [-0.25, -0.2) is 0 Å². The van der Waals surface area contributed by atoms with E-state index in [9.17, 15) is 56.4 Å². The first-order chi connectivity index (χ1) is 26.1. The van der Waals surface area contributed by atoms with Crippen LogP contribution in [0.4, 0.5) is 22.0 Å². The molecule has 2 saturated heterocycles. The van der Waals surface area contributed by atoms with Gasteiger partial charge in [-0.1, -0.05) is 20.8 Å². The zero-order chi connectivity index (χ0) is 46.8. The van der Waals surface area contributed by atoms with Crippen LogP contribution >= 0.6 is 0 Å². The Hall–Kier alpha value is -2.63. The monoisotopic (exact) mass is 862 g/mol. The molecule has 59 heavy (non-hydrogen) atoms. The molecule has 3 fully saturated rings. The van der Waals surface area contributed by atoms with Crippen LogP contribution in [0.5, 0.6) is 0 Å². The normalized spacial score (nSPS) is 30.2. The summed E-state index contributed by atoms with van der Waals surface area (Å²) in [6.07, 6.45) is -2.50. The van der Waals surface area contributed by atoms with E-state index in [0.29, 0.717) is 26.2 Å². The molecule has 0 aromatic carbocycles. The third kappa shape index (κ3) is 12.7. The number of carbonyl (C=O) groups excluding carboxylic acids is 4. The Kier molecular flexibility index (Phi) is 16.9. The highest BCUT2D eigenvalue weighted by Crippen LogP contribution is 2.55. The van der Waals surface area contributed by atoms with E-state index < -0.39 is 69.1 Å². The minimum absolute atomic E-state index is 0.0141. The quantitative estimate of drug-likeness (QED) is 0.104. The summed E-state index contributed by atoms with van der Waals surface area (Å²) in [6, 6.07) is 0. The summed E-state index contributed by atoms with van der Waals surface area (Å²) in [7, 11) is 0. The van der Waals surface area contributed by atoms with Gasteiger partial charge >= 0.3 is 41.8 Å². The van der Waals surface area contributed by atoms with Gasteiger partial charge < -0.3 is 39.0 Å². The van der Waals surface area contributed by atoms with E-state index in [0.717, 1.165) is 12.8 Å². The number of hydrogen-bond acceptors (Lipinski definition) is 12. The molecule has 0 amide bonds. The highest BCUT2D eigenvalue weighted by atomic mass is 19.4. The van der Waals surface area contributed by atoms with Gasteiger partial charge in [-0.05, 0) is 140 Å². The molecule has 1 aliphatic carbocycles. The smallest absolute Gasteiger partial charge is 0.449 e. The van der Waals surface area contributed by atoms with Crippen LogP contribution in [0.1, 0.15) is 156 Å². The zero-order valence-corrected chi connectivity index (χ0v) is 37.9. The molecule has 0 spiro atoms. The predicted molar refractivity (Wildman–Crippen MR) is 207 cm³/mol. The van der Waals surface area contributed by atoms with Crippen LogP contribution < -0.4 is 0 Å². The number of aliphatic hydroxyl groups is 3. The third-order valence-corrected chi connectivity index (χ3v) is 12.6. The molecule has 7 atom stereocenters. The fraction of sp³-hybridized carbons (Fsp3) is 0.905. The number of hydrogen-bond donors (Lipinski definition) is 3. The lowest BCUT2D eigenvalue weighted by Gasteiger charge is -2.44. The zero-order valence-electron chi connectivity index (χ0n) is 37.9. The molecule has 2 heterocycles. The number of esters is 4. The van der Waals surface area contributed by atoms with Crippen LogP contribution in [-0.2, 0) is 42.9 Å². The van der Waals surface area contributed by atoms with Gasteiger partial charge in [0, 0.05) is 0 Å². The maximum Gasteiger partial charge on any atom is 0.449 e. The van der Waals surface area contributed by atoms with Crippen molar-refractivity contribution in [2.24, 2.45) is 28.1 Å². The molecule has 0 bridgehead atoms. The van der Waals surface area contributed by atoms with E-state index >= 15 is 0 Å². The summed E-state index contributed by atoms with van der Waals surface area (Å²) in [5, 5.41) is 29.9. The standard InChI is InChI=1S/C18H34O4.C12H17F5O4.C12H20O4/c1-8-16(2,3)15(19)22-14-10-12(17(4,5)20)9-13(11-14)18(6,7)21;1-5-8(2,3)7(18)21-9(4)6-20-11(19,10(9,13)14)12(15,16)17;1-6-11(3,4)10(14)16-12(5)7-9(13)15-8(12)2/h12-14,20-21H,8-11H2,1-7H3;19H,5-6H2,1-4H3;8H,6-7H2,1-5H3/t12-,13+,14?;;. The number of rotatable bonds is 11. The lowest BCUT2D eigenvalue weighted by molar-refractivity contribution is -0.409. The summed E-state index contributed by atoms with van der Waals surface area (Å²) in [5.74, 6) is -11.4. The second-order valence-corrected chi connectivity index (χ2v) is 19.8. The predicted octanol–water partition coefficient (Wildman–Crippen LogP) is 7.99. The Bertz CT molecular complexity index is 1460. The van der Waals surface area contributed by atoms with Gasteiger partial charge in [0.25, 0.3) is 0 Å². The summed E-state index contributed by atoms with van der Waals surface area (Å²) < 4.78 is 90.6. The number of alkyl halides is 5. The van der Waals surface area contributed by atoms with Crippen LogP contribution in [0.15, 0.2) is 0 Å². The average molecular weight is 863 g/mol. The molecule has 346 valence electrons. The van der Waals surface area contributed by atoms with E-state index in [4.69, 9.17) is 14.2 Å². The van der Waals surface area contributed by atoms with Gasteiger partial charge in [-0.15, -0.1) is 0 Å². The second-order valence-electron chi connectivity index (χ2n) is 19.8. The number of ether oxygens (including phenoxy) is 5. The van der Waals surface area contributed by atoms with Gasteiger partial charge in [0.15, 0.2) is 5.60 Å². The molecule has 5 unspecified atom stereocenters. The molecule has 1 saturated carbocycles. The van der Waals surface area contributed by atoms with Crippen LogP contribution in [0.25, 0.3) is 0 Å². The minimum Gasteiger partial charge on any atom is -0.462 e. The van der Waals surface area contributed by atoms with Crippen molar-refractivity contribution in [1.82, 2.24) is 0 Å². The minimum atomic E-state index is -5.74. The summed E-state index contributed by atoms with van der Waals surface area (Å²) in [6.45, 7) is 25.7. The number of halogens is 5. The topological polar surface area (TPSA) is 175 Å². The Labute approximate surface area is 346 Å². The third-order valence-electron chi connectivity index (χ3n) is 12.6. The first kappa shape index (κ1) is 54.4. The van der Waals surface area contributed by atoms with E-state index in [1.807, 2.05) is 41.5 Å². The molecule has 3 N–H and O–H groups in total. The van der Waals surface area contributed by atoms with Gasteiger partial charge in [0.2, 0.25) is 5.60 Å². The van der Waals surface area contributed by atoms with Crippen molar-refractivity contribution >= 4 is 23.9 Å². The van der Waals surface area contributed by atoms with E-state index in [1.54, 1.807) is 48.5 Å². The molecule has 2 aliphatic heterocycles. The number of cyclic esters (lactones) is 1. The van der Waals surface area contributed by atoms with E-state index in [2.05, 4.69) is 9.47 Å². The lowest BCUT2D eigenvalue weighted by Crippen LogP contribution is -2.63. The largest absolute Gasteiger partial charge is 0.462 e. The lowest BCUT2D eigenvalue weighted by atomic mass is 9.68. The summed E-state index contributed by atoms with van der Waals surface area (Å²) in [5.41, 5.74) is -7.58. The molecule has 3 rings (SSSR count). The highest BCUT2D eigenvalue weighted by molar-refractivity contribution is 5.79. The molecule has 17 heteroatoms. The van der Waals surface area contributed by atoms with Gasteiger partial charge in [0.1, 0.15) is 12.2 Å². The van der Waals surface area contributed by atoms with Crippen molar-refractivity contribution in [3.8, 4) is 0 Å². The Morgan fingerprint density at radius 1 is 0.729 bits per heavy atom. The first-order valence-corrected chi connectivity index (χ1v) is 20.3. The van der Waals surface area contributed by atoms with Crippen molar-refractivity contribution < 1.29 is 80.1 Å². The first-order valence-electron chi connectivity index (χ1n) is 20.3. The fourth-order valence-electron chi connectivity index (χ4n) is 6.00. The Morgan fingerprint density at radius 2 is 1.12 bits per heavy atom. The van der Waals surface area contributed by atoms with E-state index in [1.165, 1.54) is 13.8 Å². The second kappa shape index (κ2) is 18.4. The fourth-order valence-corrected chi connectivity index (χ4v) is 6.00. The van der Waals surface area contributed by atoms with Crippen LogP contribution in [0.3, 0.4) is 0 Å². The van der Waals surface area contributed by atoms with Crippen LogP contribution in [0, 0.1) is 28.1 Å².